The number of carbonyl (C=O) groups is 1. The molecule has 0 aromatic rings. The van der Waals surface area contributed by atoms with Gasteiger partial charge in [-0.3, -0.25) is 4.79 Å². The Kier molecular flexibility index (Phi) is 4.78. The van der Waals surface area contributed by atoms with Crippen molar-refractivity contribution in [2.24, 2.45) is 11.8 Å². The van der Waals surface area contributed by atoms with Crippen molar-refractivity contribution in [2.75, 3.05) is 6.61 Å². The lowest BCUT2D eigenvalue weighted by Crippen LogP contribution is -2.43. The zero-order valence-electron chi connectivity index (χ0n) is 10.7. The van der Waals surface area contributed by atoms with Crippen LogP contribution in [-0.2, 0) is 9.53 Å². The molecule has 94 valence electrons. The van der Waals surface area contributed by atoms with E-state index in [2.05, 4.69) is 13.8 Å². The molecule has 1 N–H and O–H groups in total. The molecule has 0 aliphatic heterocycles. The summed E-state index contributed by atoms with van der Waals surface area (Å²) in [5.41, 5.74) is -0.662. The van der Waals surface area contributed by atoms with Crippen molar-refractivity contribution in [3.8, 4) is 0 Å². The summed E-state index contributed by atoms with van der Waals surface area (Å²) in [4.78, 5) is 11.3. The van der Waals surface area contributed by atoms with Crippen LogP contribution in [0.4, 0.5) is 0 Å². The van der Waals surface area contributed by atoms with Gasteiger partial charge in [-0.05, 0) is 31.6 Å². The second kappa shape index (κ2) is 5.67. The molecule has 16 heavy (non-hydrogen) atoms. The molecule has 1 rings (SSSR count). The van der Waals surface area contributed by atoms with Crippen LogP contribution in [-0.4, -0.2) is 23.3 Å². The van der Waals surface area contributed by atoms with Crippen molar-refractivity contribution < 1.29 is 14.6 Å². The van der Waals surface area contributed by atoms with E-state index in [0.717, 1.165) is 12.8 Å². The molecule has 0 aromatic heterocycles. The Morgan fingerprint density at radius 2 is 2.19 bits per heavy atom. The maximum Gasteiger partial charge on any atom is 0.305 e. The van der Waals surface area contributed by atoms with Crippen LogP contribution in [0.15, 0.2) is 0 Å². The highest BCUT2D eigenvalue weighted by atomic mass is 16.5. The van der Waals surface area contributed by atoms with Gasteiger partial charge in [0.25, 0.3) is 0 Å². The van der Waals surface area contributed by atoms with Gasteiger partial charge in [0.2, 0.25) is 0 Å². The van der Waals surface area contributed by atoms with E-state index in [9.17, 15) is 9.90 Å². The van der Waals surface area contributed by atoms with Crippen molar-refractivity contribution in [3.63, 3.8) is 0 Å². The molecule has 1 aliphatic carbocycles. The summed E-state index contributed by atoms with van der Waals surface area (Å²) in [6.45, 7) is 6.50. The SMILES string of the molecule is CCOC(=O)CCC1(O)CCCC(C)C1C. The fourth-order valence-corrected chi connectivity index (χ4v) is 2.64. The lowest BCUT2D eigenvalue weighted by molar-refractivity contribution is -0.146. The minimum Gasteiger partial charge on any atom is -0.466 e. The molecule has 1 saturated carbocycles. The second-order valence-corrected chi connectivity index (χ2v) is 5.07. The maximum atomic E-state index is 11.3. The topological polar surface area (TPSA) is 46.5 Å². The monoisotopic (exact) mass is 228 g/mol. The van der Waals surface area contributed by atoms with Gasteiger partial charge in [-0.1, -0.05) is 26.7 Å². The summed E-state index contributed by atoms with van der Waals surface area (Å²) >= 11 is 0. The zero-order chi connectivity index (χ0) is 12.2. The number of ether oxygens (including phenoxy) is 1. The second-order valence-electron chi connectivity index (χ2n) is 5.07. The molecule has 3 unspecified atom stereocenters. The Morgan fingerprint density at radius 3 is 2.81 bits per heavy atom. The third-order valence-corrected chi connectivity index (χ3v) is 4.04. The molecule has 0 amide bonds. The predicted molar refractivity (Wildman–Crippen MR) is 63.0 cm³/mol. The lowest BCUT2D eigenvalue weighted by atomic mass is 9.69. The van der Waals surface area contributed by atoms with Gasteiger partial charge in [0.15, 0.2) is 0 Å². The highest BCUT2D eigenvalue weighted by Gasteiger charge is 2.39. The Bertz CT molecular complexity index is 239. The van der Waals surface area contributed by atoms with E-state index in [1.165, 1.54) is 6.42 Å². The van der Waals surface area contributed by atoms with Crippen LogP contribution in [0.5, 0.6) is 0 Å². The fourth-order valence-electron chi connectivity index (χ4n) is 2.64. The van der Waals surface area contributed by atoms with E-state index in [4.69, 9.17) is 4.74 Å². The van der Waals surface area contributed by atoms with Crippen LogP contribution in [0, 0.1) is 11.8 Å². The molecule has 0 saturated heterocycles. The predicted octanol–water partition coefficient (Wildman–Crippen LogP) is 2.52. The van der Waals surface area contributed by atoms with Gasteiger partial charge in [-0.15, -0.1) is 0 Å². The van der Waals surface area contributed by atoms with Gasteiger partial charge in [0.1, 0.15) is 0 Å². The van der Waals surface area contributed by atoms with Gasteiger partial charge >= 0.3 is 5.97 Å². The molecule has 1 fully saturated rings. The zero-order valence-corrected chi connectivity index (χ0v) is 10.7. The Hall–Kier alpha value is -0.570. The number of hydrogen-bond acceptors (Lipinski definition) is 3. The highest BCUT2D eigenvalue weighted by Crippen LogP contribution is 2.40. The molecular weight excluding hydrogens is 204 g/mol. The molecular formula is C13H24O3. The van der Waals surface area contributed by atoms with Gasteiger partial charge in [-0.2, -0.15) is 0 Å². The molecule has 3 heteroatoms. The van der Waals surface area contributed by atoms with Crippen LogP contribution in [0.25, 0.3) is 0 Å². The van der Waals surface area contributed by atoms with E-state index >= 15 is 0 Å². The Labute approximate surface area is 98.2 Å². The molecule has 0 bridgehead atoms. The van der Waals surface area contributed by atoms with E-state index in [1.54, 1.807) is 6.92 Å². The number of esters is 1. The summed E-state index contributed by atoms with van der Waals surface area (Å²) in [5, 5.41) is 10.5. The smallest absolute Gasteiger partial charge is 0.305 e. The van der Waals surface area contributed by atoms with Gasteiger partial charge in [-0.25, -0.2) is 0 Å². The quantitative estimate of drug-likeness (QED) is 0.752. The highest BCUT2D eigenvalue weighted by molar-refractivity contribution is 5.69. The van der Waals surface area contributed by atoms with Crippen LogP contribution in [0.3, 0.4) is 0 Å². The fraction of sp³-hybridized carbons (Fsp3) is 0.923. The van der Waals surface area contributed by atoms with Gasteiger partial charge in [0, 0.05) is 6.42 Å². The molecule has 3 atom stereocenters. The first-order valence-corrected chi connectivity index (χ1v) is 6.37. The number of carbonyl (C=O) groups excluding carboxylic acids is 1. The van der Waals surface area contributed by atoms with Crippen LogP contribution < -0.4 is 0 Å². The molecule has 1 aliphatic rings. The van der Waals surface area contributed by atoms with Gasteiger partial charge in [0.05, 0.1) is 12.2 Å². The standard InChI is InChI=1S/C13H24O3/c1-4-16-12(14)7-9-13(15)8-5-6-10(2)11(13)3/h10-11,15H,4-9H2,1-3H3. The minimum absolute atomic E-state index is 0.193. The first kappa shape index (κ1) is 13.5. The summed E-state index contributed by atoms with van der Waals surface area (Å²) < 4.78 is 4.89. The van der Waals surface area contributed by atoms with E-state index in [-0.39, 0.29) is 11.9 Å². The molecule has 3 nitrogen and oxygen atoms in total. The van der Waals surface area contributed by atoms with Crippen molar-refractivity contribution in [2.45, 2.75) is 58.5 Å². The average Bonchev–Trinajstić information content (AvgIpc) is 2.24. The summed E-state index contributed by atoms with van der Waals surface area (Å²) in [5.74, 6) is 0.623. The summed E-state index contributed by atoms with van der Waals surface area (Å²) in [6.07, 6.45) is 3.93. The summed E-state index contributed by atoms with van der Waals surface area (Å²) in [7, 11) is 0. The molecule has 0 radical (unpaired) electrons. The largest absolute Gasteiger partial charge is 0.466 e. The van der Waals surface area contributed by atoms with Crippen LogP contribution in [0.1, 0.15) is 52.9 Å². The van der Waals surface area contributed by atoms with Crippen LogP contribution in [0.2, 0.25) is 0 Å². The maximum absolute atomic E-state index is 11.3. The Morgan fingerprint density at radius 1 is 1.50 bits per heavy atom. The van der Waals surface area contributed by atoms with E-state index < -0.39 is 5.60 Å². The van der Waals surface area contributed by atoms with Crippen molar-refractivity contribution in [1.82, 2.24) is 0 Å². The first-order chi connectivity index (χ1) is 7.49. The lowest BCUT2D eigenvalue weighted by Gasteiger charge is -2.42. The van der Waals surface area contributed by atoms with Crippen molar-refractivity contribution in [3.05, 3.63) is 0 Å². The summed E-state index contributed by atoms with van der Waals surface area (Å²) in [6, 6.07) is 0. The van der Waals surface area contributed by atoms with Crippen molar-refractivity contribution >= 4 is 5.97 Å². The third kappa shape index (κ3) is 3.21. The minimum atomic E-state index is -0.662. The van der Waals surface area contributed by atoms with Crippen molar-refractivity contribution in [1.29, 1.82) is 0 Å². The number of hydrogen-bond donors (Lipinski definition) is 1. The molecule has 0 aromatic carbocycles. The molecule has 0 heterocycles. The average molecular weight is 228 g/mol. The Balaban J connectivity index is 2.47. The first-order valence-electron chi connectivity index (χ1n) is 6.37. The number of aliphatic hydroxyl groups is 1. The number of rotatable bonds is 4. The van der Waals surface area contributed by atoms with Crippen LogP contribution >= 0.6 is 0 Å². The third-order valence-electron chi connectivity index (χ3n) is 4.04. The van der Waals surface area contributed by atoms with Gasteiger partial charge < -0.3 is 9.84 Å². The molecule has 0 spiro atoms. The van der Waals surface area contributed by atoms with E-state index in [0.29, 0.717) is 25.4 Å². The normalized spacial score (nSPS) is 34.8. The van der Waals surface area contributed by atoms with E-state index in [1.807, 2.05) is 0 Å².